The third kappa shape index (κ3) is 4.54. The van der Waals surface area contributed by atoms with Crippen molar-refractivity contribution in [3.8, 4) is 0 Å². The first-order valence-electron chi connectivity index (χ1n) is 8.10. The molecule has 1 aliphatic rings. The molecule has 0 saturated carbocycles. The summed E-state index contributed by atoms with van der Waals surface area (Å²) in [5.74, 6) is 0. The van der Waals surface area contributed by atoms with Crippen LogP contribution in [0.5, 0.6) is 0 Å². The van der Waals surface area contributed by atoms with Crippen LogP contribution in [0.2, 0.25) is 5.02 Å². The highest BCUT2D eigenvalue weighted by Crippen LogP contribution is 2.28. The number of nitrogens with zero attached hydrogens (tertiary/aromatic N) is 1. The average Bonchev–Trinajstić information content (AvgIpc) is 3.02. The van der Waals surface area contributed by atoms with E-state index in [2.05, 4.69) is 9.62 Å². The Bertz CT molecular complexity index is 830. The highest BCUT2D eigenvalue weighted by Gasteiger charge is 2.20. The van der Waals surface area contributed by atoms with Crippen LogP contribution >= 0.6 is 22.9 Å². The van der Waals surface area contributed by atoms with Gasteiger partial charge in [0.05, 0.1) is 23.8 Å². The van der Waals surface area contributed by atoms with E-state index in [-0.39, 0.29) is 4.90 Å². The Hall–Kier alpha value is -1.12. The van der Waals surface area contributed by atoms with E-state index in [0.29, 0.717) is 16.3 Å². The Kier molecular flexibility index (Phi) is 6.01. The monoisotopic (exact) mass is 400 g/mol. The van der Waals surface area contributed by atoms with Crippen molar-refractivity contribution in [1.29, 1.82) is 0 Å². The molecular formula is C17H21ClN2O3S2. The maximum Gasteiger partial charge on any atom is 0.262 e. The Morgan fingerprint density at radius 2 is 2.04 bits per heavy atom. The Morgan fingerprint density at radius 1 is 1.28 bits per heavy atom. The van der Waals surface area contributed by atoms with E-state index >= 15 is 0 Å². The van der Waals surface area contributed by atoms with E-state index in [1.807, 2.05) is 10.8 Å². The van der Waals surface area contributed by atoms with Gasteiger partial charge in [0.15, 0.2) is 0 Å². The first-order valence-corrected chi connectivity index (χ1v) is 10.9. The van der Waals surface area contributed by atoms with E-state index in [0.717, 1.165) is 44.8 Å². The number of sulfonamides is 1. The van der Waals surface area contributed by atoms with Gasteiger partial charge in [-0.15, -0.1) is 11.3 Å². The smallest absolute Gasteiger partial charge is 0.262 e. The van der Waals surface area contributed by atoms with Crippen molar-refractivity contribution < 1.29 is 13.2 Å². The summed E-state index contributed by atoms with van der Waals surface area (Å²) in [6.45, 7) is 5.98. The van der Waals surface area contributed by atoms with Crippen LogP contribution in [0.4, 0.5) is 5.69 Å². The van der Waals surface area contributed by atoms with Crippen LogP contribution < -0.4 is 4.72 Å². The van der Waals surface area contributed by atoms with Crippen LogP contribution in [-0.4, -0.2) is 46.2 Å². The van der Waals surface area contributed by atoms with Crippen LogP contribution in [0.25, 0.3) is 0 Å². The quantitative estimate of drug-likeness (QED) is 0.807. The fourth-order valence-corrected chi connectivity index (χ4v) is 5.28. The summed E-state index contributed by atoms with van der Waals surface area (Å²) in [7, 11) is -3.66. The lowest BCUT2D eigenvalue weighted by Gasteiger charge is -2.26. The second-order valence-electron chi connectivity index (χ2n) is 5.98. The number of benzene rings is 1. The number of ether oxygens (including phenoxy) is 1. The minimum absolute atomic E-state index is 0.213. The van der Waals surface area contributed by atoms with E-state index in [1.165, 1.54) is 11.3 Å². The predicted molar refractivity (Wildman–Crippen MR) is 102 cm³/mol. The van der Waals surface area contributed by atoms with Crippen molar-refractivity contribution >= 4 is 38.6 Å². The fraction of sp³-hybridized carbons (Fsp3) is 0.412. The second kappa shape index (κ2) is 8.05. The van der Waals surface area contributed by atoms with E-state index in [1.54, 1.807) is 25.1 Å². The molecule has 25 heavy (non-hydrogen) atoms. The number of hydrogen-bond acceptors (Lipinski definition) is 5. The SMILES string of the molecule is Cc1c(Cl)cccc1S(=O)(=O)Nc1cscc1CCN1CCOCC1. The number of thiophene rings is 1. The normalized spacial score (nSPS) is 16.1. The van der Waals surface area contributed by atoms with Gasteiger partial charge in [0.2, 0.25) is 0 Å². The van der Waals surface area contributed by atoms with Crippen molar-refractivity contribution in [1.82, 2.24) is 4.90 Å². The Balaban J connectivity index is 1.72. The molecule has 3 rings (SSSR count). The zero-order valence-electron chi connectivity index (χ0n) is 14.0. The van der Waals surface area contributed by atoms with Crippen LogP contribution in [0.1, 0.15) is 11.1 Å². The molecule has 0 unspecified atom stereocenters. The highest BCUT2D eigenvalue weighted by molar-refractivity contribution is 7.92. The average molecular weight is 401 g/mol. The van der Waals surface area contributed by atoms with Crippen molar-refractivity contribution in [2.45, 2.75) is 18.2 Å². The molecule has 2 aromatic rings. The van der Waals surface area contributed by atoms with Gasteiger partial charge in [-0.25, -0.2) is 8.42 Å². The molecule has 0 spiro atoms. The number of morpholine rings is 1. The van der Waals surface area contributed by atoms with Crippen molar-refractivity contribution in [3.05, 3.63) is 45.1 Å². The fourth-order valence-electron chi connectivity index (χ4n) is 2.79. The summed E-state index contributed by atoms with van der Waals surface area (Å²) in [5.41, 5.74) is 2.22. The van der Waals surface area contributed by atoms with Crippen LogP contribution in [0.3, 0.4) is 0 Å². The summed E-state index contributed by atoms with van der Waals surface area (Å²) in [6, 6.07) is 4.91. The molecule has 1 saturated heterocycles. The summed E-state index contributed by atoms with van der Waals surface area (Å²) >= 11 is 7.56. The Morgan fingerprint density at radius 3 is 2.80 bits per heavy atom. The van der Waals surface area contributed by atoms with E-state index < -0.39 is 10.0 Å². The van der Waals surface area contributed by atoms with Gasteiger partial charge in [-0.05, 0) is 42.0 Å². The van der Waals surface area contributed by atoms with Crippen molar-refractivity contribution in [3.63, 3.8) is 0 Å². The molecule has 0 bridgehead atoms. The number of halogens is 1. The first-order chi connectivity index (χ1) is 12.0. The molecule has 1 aromatic carbocycles. The number of rotatable bonds is 6. The molecule has 1 N–H and O–H groups in total. The van der Waals surface area contributed by atoms with Gasteiger partial charge in [-0.2, -0.15) is 0 Å². The molecule has 8 heteroatoms. The molecular weight excluding hydrogens is 380 g/mol. The van der Waals surface area contributed by atoms with Gasteiger partial charge in [0, 0.05) is 30.0 Å². The Labute approximate surface area is 157 Å². The van der Waals surface area contributed by atoms with Crippen molar-refractivity contribution in [2.75, 3.05) is 37.6 Å². The molecule has 0 amide bonds. The van der Waals surface area contributed by atoms with Gasteiger partial charge in [0.25, 0.3) is 10.0 Å². The molecule has 2 heterocycles. The summed E-state index contributed by atoms with van der Waals surface area (Å²) < 4.78 is 33.6. The van der Waals surface area contributed by atoms with E-state index in [4.69, 9.17) is 16.3 Å². The number of anilines is 1. The minimum atomic E-state index is -3.66. The van der Waals surface area contributed by atoms with Gasteiger partial charge in [-0.3, -0.25) is 9.62 Å². The maximum atomic E-state index is 12.7. The first kappa shape index (κ1) is 18.7. The van der Waals surface area contributed by atoms with Gasteiger partial charge in [0.1, 0.15) is 0 Å². The lowest BCUT2D eigenvalue weighted by Crippen LogP contribution is -2.37. The summed E-state index contributed by atoms with van der Waals surface area (Å²) in [6.07, 6.45) is 0.801. The molecule has 1 aromatic heterocycles. The molecule has 0 radical (unpaired) electrons. The topological polar surface area (TPSA) is 58.6 Å². The molecule has 0 atom stereocenters. The minimum Gasteiger partial charge on any atom is -0.379 e. The second-order valence-corrected chi connectivity index (χ2v) is 8.78. The third-order valence-corrected chi connectivity index (χ3v) is 7.01. The lowest BCUT2D eigenvalue weighted by atomic mass is 10.2. The summed E-state index contributed by atoms with van der Waals surface area (Å²) in [5, 5.41) is 4.29. The third-order valence-electron chi connectivity index (χ3n) is 4.30. The van der Waals surface area contributed by atoms with Gasteiger partial charge in [-0.1, -0.05) is 17.7 Å². The lowest BCUT2D eigenvalue weighted by molar-refractivity contribution is 0.0385. The van der Waals surface area contributed by atoms with Crippen molar-refractivity contribution in [2.24, 2.45) is 0 Å². The maximum absolute atomic E-state index is 12.7. The molecule has 0 aliphatic carbocycles. The van der Waals surface area contributed by atoms with Gasteiger partial charge >= 0.3 is 0 Å². The van der Waals surface area contributed by atoms with Crippen LogP contribution in [-0.2, 0) is 21.2 Å². The molecule has 1 fully saturated rings. The van der Waals surface area contributed by atoms with Crippen LogP contribution in [0.15, 0.2) is 33.9 Å². The molecule has 5 nitrogen and oxygen atoms in total. The standard InChI is InChI=1S/C17H21ClN2O3S2/c1-13-15(18)3-2-4-17(13)25(21,22)19-16-12-24-11-14(16)5-6-20-7-9-23-10-8-20/h2-4,11-12,19H,5-10H2,1H3. The van der Waals surface area contributed by atoms with Gasteiger partial charge < -0.3 is 4.74 Å². The number of hydrogen-bond donors (Lipinski definition) is 1. The molecule has 136 valence electrons. The van der Waals surface area contributed by atoms with Crippen LogP contribution in [0, 0.1) is 6.92 Å². The highest BCUT2D eigenvalue weighted by atomic mass is 35.5. The predicted octanol–water partition coefficient (Wildman–Crippen LogP) is 3.39. The summed E-state index contributed by atoms with van der Waals surface area (Å²) in [4.78, 5) is 2.55. The largest absolute Gasteiger partial charge is 0.379 e. The number of nitrogens with one attached hydrogen (secondary N) is 1. The zero-order valence-corrected chi connectivity index (χ0v) is 16.4. The molecule has 1 aliphatic heterocycles. The zero-order chi connectivity index (χ0) is 17.9. The van der Waals surface area contributed by atoms with E-state index in [9.17, 15) is 8.42 Å².